The van der Waals surface area contributed by atoms with Crippen molar-refractivity contribution in [3.05, 3.63) is 65.0 Å². The molecule has 1 N–H and O–H groups in total. The SMILES string of the molecule is COc1ccc(C(=O)c2cccc(F)c2CCNS(=O)(=O)C(F)(F)F)cc1. The van der Waals surface area contributed by atoms with Gasteiger partial charge in [-0.1, -0.05) is 12.1 Å². The van der Waals surface area contributed by atoms with Crippen molar-refractivity contribution in [1.29, 1.82) is 0 Å². The lowest BCUT2D eigenvalue weighted by molar-refractivity contribution is -0.0447. The lowest BCUT2D eigenvalue weighted by atomic mass is 9.96. The van der Waals surface area contributed by atoms with E-state index >= 15 is 0 Å². The maximum Gasteiger partial charge on any atom is 0.511 e. The van der Waals surface area contributed by atoms with E-state index in [0.717, 1.165) is 6.07 Å². The molecule has 0 unspecified atom stereocenters. The van der Waals surface area contributed by atoms with Gasteiger partial charge >= 0.3 is 15.5 Å². The Balaban J connectivity index is 2.24. The van der Waals surface area contributed by atoms with Crippen molar-refractivity contribution in [2.45, 2.75) is 11.9 Å². The van der Waals surface area contributed by atoms with Crippen molar-refractivity contribution in [2.75, 3.05) is 13.7 Å². The smallest absolute Gasteiger partial charge is 0.497 e. The predicted octanol–water partition coefficient (Wildman–Crippen LogP) is 3.05. The highest BCUT2D eigenvalue weighted by atomic mass is 32.2. The lowest BCUT2D eigenvalue weighted by Gasteiger charge is -2.12. The van der Waals surface area contributed by atoms with Gasteiger partial charge in [0.05, 0.1) is 7.11 Å². The van der Waals surface area contributed by atoms with Crippen molar-refractivity contribution < 1.29 is 35.5 Å². The number of nitrogens with one attached hydrogen (secondary N) is 1. The van der Waals surface area contributed by atoms with Crippen LogP contribution in [0.3, 0.4) is 0 Å². The van der Waals surface area contributed by atoms with Crippen LogP contribution in [0, 0.1) is 5.82 Å². The first-order valence-electron chi connectivity index (χ1n) is 7.59. The number of ether oxygens (including phenoxy) is 1. The zero-order chi connectivity index (χ0) is 20.2. The summed E-state index contributed by atoms with van der Waals surface area (Å²) >= 11 is 0. The van der Waals surface area contributed by atoms with Crippen molar-refractivity contribution >= 4 is 15.8 Å². The minimum Gasteiger partial charge on any atom is -0.497 e. The van der Waals surface area contributed by atoms with Crippen LogP contribution < -0.4 is 9.46 Å². The second kappa shape index (κ2) is 8.05. The number of hydrogen-bond donors (Lipinski definition) is 1. The molecule has 0 heterocycles. The summed E-state index contributed by atoms with van der Waals surface area (Å²) in [5, 5.41) is 0. The van der Waals surface area contributed by atoms with E-state index in [-0.39, 0.29) is 16.7 Å². The average molecular weight is 405 g/mol. The molecular weight excluding hydrogens is 390 g/mol. The molecule has 0 saturated carbocycles. The fraction of sp³-hybridized carbons (Fsp3) is 0.235. The van der Waals surface area contributed by atoms with E-state index in [1.165, 1.54) is 48.2 Å². The minimum atomic E-state index is -5.54. The highest BCUT2D eigenvalue weighted by Gasteiger charge is 2.45. The molecule has 0 atom stereocenters. The topological polar surface area (TPSA) is 72.5 Å². The van der Waals surface area contributed by atoms with Crippen LogP contribution >= 0.6 is 0 Å². The summed E-state index contributed by atoms with van der Waals surface area (Å²) in [5.74, 6) is -0.862. The van der Waals surface area contributed by atoms with Crippen LogP contribution in [0.1, 0.15) is 21.5 Å². The number of benzene rings is 2. The van der Waals surface area contributed by atoms with Crippen LogP contribution in [-0.4, -0.2) is 33.4 Å². The van der Waals surface area contributed by atoms with Gasteiger partial charge < -0.3 is 4.74 Å². The van der Waals surface area contributed by atoms with Crippen LogP contribution in [-0.2, 0) is 16.4 Å². The Kier molecular flexibility index (Phi) is 6.22. The summed E-state index contributed by atoms with van der Waals surface area (Å²) in [7, 11) is -4.10. The molecule has 2 rings (SSSR count). The maximum atomic E-state index is 14.1. The lowest BCUT2D eigenvalue weighted by Crippen LogP contribution is -2.37. The number of halogens is 4. The minimum absolute atomic E-state index is 0.0635. The number of ketones is 1. The third kappa shape index (κ3) is 4.83. The van der Waals surface area contributed by atoms with E-state index in [9.17, 15) is 30.8 Å². The van der Waals surface area contributed by atoms with Gasteiger partial charge in [-0.2, -0.15) is 13.2 Å². The van der Waals surface area contributed by atoms with Gasteiger partial charge in [0, 0.05) is 23.2 Å². The Hall–Kier alpha value is -2.46. The second-order valence-electron chi connectivity index (χ2n) is 5.42. The van der Waals surface area contributed by atoms with Crippen LogP contribution in [0.15, 0.2) is 42.5 Å². The quantitative estimate of drug-likeness (QED) is 0.568. The molecule has 2 aromatic carbocycles. The molecule has 0 saturated heterocycles. The maximum absolute atomic E-state index is 14.1. The Bertz CT molecular complexity index is 925. The number of sulfonamides is 1. The van der Waals surface area contributed by atoms with Gasteiger partial charge in [0.2, 0.25) is 0 Å². The molecule has 0 bridgehead atoms. The van der Waals surface area contributed by atoms with Crippen molar-refractivity contribution in [3.63, 3.8) is 0 Å². The molecule has 0 aliphatic carbocycles. The average Bonchev–Trinajstić information content (AvgIpc) is 2.61. The zero-order valence-corrected chi connectivity index (χ0v) is 14.8. The highest BCUT2D eigenvalue weighted by molar-refractivity contribution is 7.90. The van der Waals surface area contributed by atoms with Gasteiger partial charge in [0.25, 0.3) is 0 Å². The highest BCUT2D eigenvalue weighted by Crippen LogP contribution is 2.23. The summed E-state index contributed by atoms with van der Waals surface area (Å²) in [6.07, 6.45) is -0.431. The summed E-state index contributed by atoms with van der Waals surface area (Å²) in [6, 6.07) is 9.63. The zero-order valence-electron chi connectivity index (χ0n) is 14.0. The first-order valence-corrected chi connectivity index (χ1v) is 9.07. The van der Waals surface area contributed by atoms with E-state index in [1.54, 1.807) is 0 Å². The number of carbonyl (C=O) groups excluding carboxylic acids is 1. The number of alkyl halides is 3. The molecule has 0 aliphatic heterocycles. The van der Waals surface area contributed by atoms with Gasteiger partial charge in [-0.15, -0.1) is 0 Å². The van der Waals surface area contributed by atoms with E-state index in [1.807, 2.05) is 0 Å². The molecule has 0 radical (unpaired) electrons. The third-order valence-electron chi connectivity index (χ3n) is 3.69. The second-order valence-corrected chi connectivity index (χ2v) is 7.18. The molecule has 5 nitrogen and oxygen atoms in total. The molecule has 10 heteroatoms. The van der Waals surface area contributed by atoms with E-state index < -0.39 is 40.1 Å². The molecule has 0 aromatic heterocycles. The number of hydrogen-bond acceptors (Lipinski definition) is 4. The molecule has 27 heavy (non-hydrogen) atoms. The Labute approximate surface area is 153 Å². The van der Waals surface area contributed by atoms with Crippen LogP contribution in [0.2, 0.25) is 0 Å². The number of carbonyl (C=O) groups is 1. The monoisotopic (exact) mass is 405 g/mol. The van der Waals surface area contributed by atoms with Gasteiger partial charge in [0.15, 0.2) is 5.78 Å². The Morgan fingerprint density at radius 2 is 1.74 bits per heavy atom. The number of methoxy groups -OCH3 is 1. The van der Waals surface area contributed by atoms with Gasteiger partial charge in [-0.05, 0) is 36.8 Å². The van der Waals surface area contributed by atoms with E-state index in [4.69, 9.17) is 4.74 Å². The molecule has 0 amide bonds. The van der Waals surface area contributed by atoms with Crippen molar-refractivity contribution in [1.82, 2.24) is 4.72 Å². The van der Waals surface area contributed by atoms with Crippen molar-refractivity contribution in [2.24, 2.45) is 0 Å². The fourth-order valence-corrected chi connectivity index (χ4v) is 2.85. The van der Waals surface area contributed by atoms with Gasteiger partial charge in [-0.3, -0.25) is 4.79 Å². The standard InChI is InChI=1S/C17H15F4NO4S/c1-26-12-7-5-11(6-8-12)16(23)14-3-2-4-15(18)13(14)9-10-22-27(24,25)17(19,20)21/h2-8,22H,9-10H2,1H3. The largest absolute Gasteiger partial charge is 0.511 e. The Morgan fingerprint density at radius 3 is 2.30 bits per heavy atom. The fourth-order valence-electron chi connectivity index (χ4n) is 2.32. The van der Waals surface area contributed by atoms with E-state index in [0.29, 0.717) is 5.75 Å². The normalized spacial score (nSPS) is 12.0. The van der Waals surface area contributed by atoms with E-state index in [2.05, 4.69) is 0 Å². The molecule has 0 fully saturated rings. The summed E-state index contributed by atoms with van der Waals surface area (Å²) in [4.78, 5) is 12.6. The molecule has 146 valence electrons. The van der Waals surface area contributed by atoms with Crippen LogP contribution in [0.5, 0.6) is 5.75 Å². The molecule has 0 aliphatic rings. The predicted molar refractivity (Wildman–Crippen MR) is 89.5 cm³/mol. The van der Waals surface area contributed by atoms with Crippen LogP contribution in [0.4, 0.5) is 17.6 Å². The summed E-state index contributed by atoms with van der Waals surface area (Å²) in [6.45, 7) is -0.717. The molecule has 0 spiro atoms. The van der Waals surface area contributed by atoms with Crippen molar-refractivity contribution in [3.8, 4) is 5.75 Å². The van der Waals surface area contributed by atoms with Crippen LogP contribution in [0.25, 0.3) is 0 Å². The van der Waals surface area contributed by atoms with Gasteiger partial charge in [-0.25, -0.2) is 17.5 Å². The summed E-state index contributed by atoms with van der Waals surface area (Å²) in [5.41, 5.74) is -5.49. The molecule has 2 aromatic rings. The van der Waals surface area contributed by atoms with Gasteiger partial charge in [0.1, 0.15) is 11.6 Å². The summed E-state index contributed by atoms with van der Waals surface area (Å²) < 4.78 is 79.5. The first-order chi connectivity index (χ1) is 12.6. The Morgan fingerprint density at radius 1 is 1.11 bits per heavy atom. The first kappa shape index (κ1) is 20.8. The number of rotatable bonds is 7. The molecular formula is C17H15F4NO4S. The third-order valence-corrected chi connectivity index (χ3v) is 4.88.